The first-order valence-corrected chi connectivity index (χ1v) is 7.60. The highest BCUT2D eigenvalue weighted by atomic mass is 17.1. The van der Waals surface area contributed by atoms with E-state index in [-0.39, 0.29) is 12.0 Å². The SMILES string of the molecule is C=C1C(=O)O[C@@H]2C3[C@](C)(O)[C@@H](O)[C@H]4O[C@@]34[C@](C)(OO)C[C@@H](O)[C@@H]12. The zero-order valence-corrected chi connectivity index (χ0v) is 12.8. The summed E-state index contributed by atoms with van der Waals surface area (Å²) in [5.41, 5.74) is -4.16. The van der Waals surface area contributed by atoms with Gasteiger partial charge in [-0.25, -0.2) is 9.68 Å². The van der Waals surface area contributed by atoms with E-state index >= 15 is 0 Å². The van der Waals surface area contributed by atoms with E-state index < -0.39 is 59.0 Å². The molecule has 1 unspecified atom stereocenters. The molecule has 0 aromatic rings. The Labute approximate surface area is 132 Å². The van der Waals surface area contributed by atoms with Gasteiger partial charge in [-0.3, -0.25) is 5.26 Å². The molecule has 4 aliphatic rings. The third kappa shape index (κ3) is 1.50. The molecule has 0 amide bonds. The van der Waals surface area contributed by atoms with Crippen LogP contribution in [0.5, 0.6) is 0 Å². The van der Waals surface area contributed by atoms with Crippen LogP contribution in [0.25, 0.3) is 0 Å². The molecule has 128 valence electrons. The van der Waals surface area contributed by atoms with E-state index in [9.17, 15) is 25.4 Å². The number of esters is 1. The third-order valence-electron chi connectivity index (χ3n) is 6.30. The van der Waals surface area contributed by atoms with Crippen LogP contribution < -0.4 is 0 Å². The molecule has 8 nitrogen and oxygen atoms in total. The third-order valence-corrected chi connectivity index (χ3v) is 6.30. The van der Waals surface area contributed by atoms with E-state index in [0.29, 0.717) is 0 Å². The molecule has 23 heavy (non-hydrogen) atoms. The summed E-state index contributed by atoms with van der Waals surface area (Å²) < 4.78 is 11.0. The van der Waals surface area contributed by atoms with Gasteiger partial charge < -0.3 is 24.8 Å². The minimum atomic E-state index is -1.64. The van der Waals surface area contributed by atoms with Crippen molar-refractivity contribution >= 4 is 5.97 Å². The summed E-state index contributed by atoms with van der Waals surface area (Å²) in [6.07, 6.45) is -4.06. The van der Waals surface area contributed by atoms with Crippen LogP contribution in [0, 0.1) is 11.8 Å². The van der Waals surface area contributed by atoms with Crippen LogP contribution in [0.3, 0.4) is 0 Å². The van der Waals surface area contributed by atoms with Gasteiger partial charge in [0.25, 0.3) is 0 Å². The summed E-state index contributed by atoms with van der Waals surface area (Å²) in [7, 11) is 0. The highest BCUT2D eigenvalue weighted by molar-refractivity contribution is 5.91. The molecule has 0 radical (unpaired) electrons. The van der Waals surface area contributed by atoms with E-state index in [1.54, 1.807) is 6.92 Å². The predicted molar refractivity (Wildman–Crippen MR) is 73.0 cm³/mol. The number of rotatable bonds is 1. The Kier molecular flexibility index (Phi) is 2.79. The average Bonchev–Trinajstić information content (AvgIpc) is 3.11. The summed E-state index contributed by atoms with van der Waals surface area (Å²) >= 11 is 0. The first kappa shape index (κ1) is 15.5. The number of ether oxygens (including phenoxy) is 2. The van der Waals surface area contributed by atoms with Crippen molar-refractivity contribution in [2.45, 2.75) is 61.5 Å². The molecular weight excluding hydrogens is 308 g/mol. The Balaban J connectivity index is 1.90. The molecule has 2 aliphatic heterocycles. The van der Waals surface area contributed by atoms with Crippen molar-refractivity contribution in [2.24, 2.45) is 11.8 Å². The quantitative estimate of drug-likeness (QED) is 0.158. The minimum absolute atomic E-state index is 0.0594. The van der Waals surface area contributed by atoms with Crippen molar-refractivity contribution in [3.63, 3.8) is 0 Å². The standard InChI is InChI=1S/C15H20O8/c1-5-7-6(16)4-13(2,23-20)15-9(8(7)21-12(5)18)14(3,19)10(17)11(15)22-15/h6-11,16-17,19-20H,1,4H2,2-3H3/t6-,7-,8+,9?,10+,11-,13-,14+,15+/m1/s1. The zero-order valence-electron chi connectivity index (χ0n) is 12.8. The maximum absolute atomic E-state index is 11.9. The molecule has 2 aliphatic carbocycles. The number of aliphatic hydroxyl groups excluding tert-OH is 2. The molecule has 2 saturated carbocycles. The molecule has 2 saturated heterocycles. The van der Waals surface area contributed by atoms with Gasteiger partial charge in [0.1, 0.15) is 29.5 Å². The van der Waals surface area contributed by atoms with Gasteiger partial charge in [-0.15, -0.1) is 0 Å². The van der Waals surface area contributed by atoms with Gasteiger partial charge in [0.15, 0.2) is 0 Å². The number of epoxide rings is 1. The molecule has 2 heterocycles. The molecule has 1 spiro atoms. The van der Waals surface area contributed by atoms with Crippen LogP contribution in [0.15, 0.2) is 12.2 Å². The first-order chi connectivity index (χ1) is 10.6. The minimum Gasteiger partial charge on any atom is -0.458 e. The number of hydrogen-bond donors (Lipinski definition) is 4. The van der Waals surface area contributed by atoms with E-state index in [2.05, 4.69) is 11.5 Å². The highest BCUT2D eigenvalue weighted by Gasteiger charge is 2.87. The zero-order chi connectivity index (χ0) is 16.9. The van der Waals surface area contributed by atoms with Crippen LogP contribution in [-0.4, -0.2) is 67.8 Å². The lowest BCUT2D eigenvalue weighted by atomic mass is 9.73. The van der Waals surface area contributed by atoms with Gasteiger partial charge >= 0.3 is 5.97 Å². The fourth-order valence-corrected chi connectivity index (χ4v) is 5.11. The van der Waals surface area contributed by atoms with Crippen LogP contribution in [0.1, 0.15) is 20.3 Å². The summed E-state index contributed by atoms with van der Waals surface area (Å²) in [6.45, 7) is 6.66. The van der Waals surface area contributed by atoms with Crippen molar-refractivity contribution in [2.75, 3.05) is 0 Å². The monoisotopic (exact) mass is 328 g/mol. The van der Waals surface area contributed by atoms with Crippen molar-refractivity contribution in [1.82, 2.24) is 0 Å². The van der Waals surface area contributed by atoms with E-state index in [1.165, 1.54) is 6.92 Å². The fourth-order valence-electron chi connectivity index (χ4n) is 5.11. The molecular formula is C15H20O8. The van der Waals surface area contributed by atoms with Gasteiger partial charge in [-0.05, 0) is 13.8 Å². The Morgan fingerprint density at radius 3 is 2.61 bits per heavy atom. The lowest BCUT2D eigenvalue weighted by molar-refractivity contribution is -0.345. The fraction of sp³-hybridized carbons (Fsp3) is 0.800. The predicted octanol–water partition coefficient (Wildman–Crippen LogP) is -1.02. The van der Waals surface area contributed by atoms with Crippen molar-refractivity contribution < 1.29 is 39.7 Å². The molecule has 0 aromatic carbocycles. The average molecular weight is 328 g/mol. The molecule has 0 bridgehead atoms. The maximum atomic E-state index is 11.9. The molecule has 9 atom stereocenters. The normalized spacial score (nSPS) is 60.6. The molecule has 0 aromatic heterocycles. The Bertz CT molecular complexity index is 602. The number of carbonyl (C=O) groups excluding carboxylic acids is 1. The van der Waals surface area contributed by atoms with Crippen LogP contribution in [0.4, 0.5) is 0 Å². The second-order valence-electron chi connectivity index (χ2n) is 7.49. The van der Waals surface area contributed by atoms with Gasteiger partial charge in [-0.2, -0.15) is 0 Å². The van der Waals surface area contributed by atoms with E-state index in [1.807, 2.05) is 0 Å². The van der Waals surface area contributed by atoms with E-state index in [0.717, 1.165) is 0 Å². The van der Waals surface area contributed by atoms with Gasteiger partial charge in [0.2, 0.25) is 0 Å². The van der Waals surface area contributed by atoms with Crippen LogP contribution in [0.2, 0.25) is 0 Å². The lowest BCUT2D eigenvalue weighted by Crippen LogP contribution is -2.57. The largest absolute Gasteiger partial charge is 0.458 e. The van der Waals surface area contributed by atoms with Gasteiger partial charge in [0, 0.05) is 12.0 Å². The van der Waals surface area contributed by atoms with Crippen molar-refractivity contribution in [1.29, 1.82) is 0 Å². The van der Waals surface area contributed by atoms with Crippen LogP contribution >= 0.6 is 0 Å². The van der Waals surface area contributed by atoms with Crippen molar-refractivity contribution in [3.8, 4) is 0 Å². The Morgan fingerprint density at radius 1 is 1.35 bits per heavy atom. The first-order valence-electron chi connectivity index (χ1n) is 7.60. The second-order valence-corrected chi connectivity index (χ2v) is 7.49. The van der Waals surface area contributed by atoms with Crippen molar-refractivity contribution in [3.05, 3.63) is 12.2 Å². The molecule has 4 rings (SSSR count). The maximum Gasteiger partial charge on any atom is 0.334 e. The number of fused-ring (bicyclic) bond motifs is 2. The van der Waals surface area contributed by atoms with E-state index in [4.69, 9.17) is 9.47 Å². The Morgan fingerprint density at radius 2 is 2.00 bits per heavy atom. The van der Waals surface area contributed by atoms with Crippen LogP contribution in [-0.2, 0) is 19.2 Å². The topological polar surface area (TPSA) is 129 Å². The molecule has 4 N–H and O–H groups in total. The highest BCUT2D eigenvalue weighted by Crippen LogP contribution is 2.68. The summed E-state index contributed by atoms with van der Waals surface area (Å²) in [5, 5.41) is 41.3. The number of hydrogen-bond acceptors (Lipinski definition) is 8. The Hall–Kier alpha value is -1.03. The summed E-state index contributed by atoms with van der Waals surface area (Å²) in [5.74, 6) is -2.28. The number of carbonyl (C=O) groups is 1. The smallest absolute Gasteiger partial charge is 0.334 e. The summed E-state index contributed by atoms with van der Waals surface area (Å²) in [4.78, 5) is 16.6. The van der Waals surface area contributed by atoms with Gasteiger partial charge in [-0.1, -0.05) is 6.58 Å². The molecule has 4 fully saturated rings. The molecule has 8 heteroatoms. The number of aliphatic hydroxyl groups is 3. The van der Waals surface area contributed by atoms with Gasteiger partial charge in [0.05, 0.1) is 23.5 Å². The summed E-state index contributed by atoms with van der Waals surface area (Å²) in [6, 6.07) is 0. The second kappa shape index (κ2) is 4.14. The lowest BCUT2D eigenvalue weighted by Gasteiger charge is -2.40.